The van der Waals surface area contributed by atoms with E-state index in [2.05, 4.69) is 46.4 Å². The Morgan fingerprint density at radius 1 is 0.909 bits per heavy atom. The molecule has 0 bridgehead atoms. The Hall–Kier alpha value is -2.86. The van der Waals surface area contributed by atoms with Crippen molar-refractivity contribution < 1.29 is 4.74 Å². The van der Waals surface area contributed by atoms with Gasteiger partial charge in [0.2, 0.25) is 0 Å². The number of aryl methyl sites for hydroxylation is 1. The van der Waals surface area contributed by atoms with Gasteiger partial charge in [0, 0.05) is 25.6 Å². The number of hydrogen-bond donors (Lipinski definition) is 0. The van der Waals surface area contributed by atoms with Gasteiger partial charge in [0.15, 0.2) is 0 Å². The maximum absolute atomic E-state index is 12.7. The van der Waals surface area contributed by atoms with Crippen LogP contribution in [0.3, 0.4) is 0 Å². The molecule has 0 unspecified atom stereocenters. The summed E-state index contributed by atoms with van der Waals surface area (Å²) in [6.45, 7) is 3.61. The van der Waals surface area contributed by atoms with Gasteiger partial charge in [0.25, 0.3) is 0 Å². The summed E-state index contributed by atoms with van der Waals surface area (Å²) >= 11 is 0. The fourth-order valence-corrected chi connectivity index (χ4v) is 5.32. The van der Waals surface area contributed by atoms with Crippen molar-refractivity contribution in [1.82, 2.24) is 19.2 Å². The van der Waals surface area contributed by atoms with Gasteiger partial charge in [-0.25, -0.2) is 9.48 Å². The van der Waals surface area contributed by atoms with Crippen LogP contribution in [0.15, 0.2) is 59.4 Å². The van der Waals surface area contributed by atoms with E-state index >= 15 is 0 Å². The molecular weight excluding hydrogens is 412 g/mol. The van der Waals surface area contributed by atoms with Gasteiger partial charge in [-0.15, -0.1) is 0 Å². The molecule has 0 spiro atoms. The summed E-state index contributed by atoms with van der Waals surface area (Å²) in [5, 5.41) is 4.67. The van der Waals surface area contributed by atoms with Gasteiger partial charge in [-0.2, -0.15) is 5.10 Å². The van der Waals surface area contributed by atoms with E-state index in [1.807, 2.05) is 22.8 Å². The van der Waals surface area contributed by atoms with E-state index in [1.165, 1.54) is 24.0 Å². The molecule has 6 heteroatoms. The highest BCUT2D eigenvalue weighted by atomic mass is 16.5. The van der Waals surface area contributed by atoms with Crippen LogP contribution in [0.4, 0.5) is 0 Å². The molecule has 2 aliphatic rings. The van der Waals surface area contributed by atoms with Crippen molar-refractivity contribution in [3.63, 3.8) is 0 Å². The lowest BCUT2D eigenvalue weighted by molar-refractivity contribution is 0.198. The predicted molar refractivity (Wildman–Crippen MR) is 129 cm³/mol. The summed E-state index contributed by atoms with van der Waals surface area (Å²) in [5.41, 5.74) is 2.55. The fraction of sp³-hybridized carbons (Fsp3) is 0.481. The molecule has 0 radical (unpaired) electrons. The van der Waals surface area contributed by atoms with Crippen molar-refractivity contribution in [2.24, 2.45) is 7.05 Å². The van der Waals surface area contributed by atoms with Crippen molar-refractivity contribution in [3.8, 4) is 5.75 Å². The minimum Gasteiger partial charge on any atom is -0.489 e. The zero-order chi connectivity index (χ0) is 22.6. The van der Waals surface area contributed by atoms with Crippen molar-refractivity contribution in [2.45, 2.75) is 63.6 Å². The Kier molecular flexibility index (Phi) is 6.63. The number of likely N-dealkylation sites (tertiary alicyclic amines) is 1. The first-order chi connectivity index (χ1) is 16.2. The van der Waals surface area contributed by atoms with Crippen LogP contribution in [0, 0.1) is 0 Å². The molecule has 174 valence electrons. The first-order valence-electron chi connectivity index (χ1n) is 12.3. The number of ether oxygens (including phenoxy) is 1. The minimum absolute atomic E-state index is 0.0638. The maximum Gasteiger partial charge on any atom is 0.345 e. The Morgan fingerprint density at radius 2 is 1.61 bits per heavy atom. The van der Waals surface area contributed by atoms with Gasteiger partial charge in [-0.3, -0.25) is 9.47 Å². The number of piperidine rings is 1. The second-order valence-corrected chi connectivity index (χ2v) is 9.54. The maximum atomic E-state index is 12.7. The molecule has 1 aliphatic carbocycles. The zero-order valence-corrected chi connectivity index (χ0v) is 19.5. The molecule has 1 aromatic heterocycles. The average molecular weight is 447 g/mol. The van der Waals surface area contributed by atoms with Crippen LogP contribution in [0.25, 0.3) is 0 Å². The molecule has 2 aromatic carbocycles. The van der Waals surface area contributed by atoms with Gasteiger partial charge in [-0.05, 0) is 62.0 Å². The SMILES string of the molecule is Cn1nc(C2CCN(Cc3ccc(OCc4ccccc4)cc3)CC2)n(C2CCCC2)c1=O. The summed E-state index contributed by atoms with van der Waals surface area (Å²) in [6.07, 6.45) is 6.79. The molecular formula is C27H34N4O2. The van der Waals surface area contributed by atoms with Crippen LogP contribution in [-0.2, 0) is 20.2 Å². The van der Waals surface area contributed by atoms with Crippen LogP contribution in [0.5, 0.6) is 5.75 Å². The number of hydrogen-bond acceptors (Lipinski definition) is 4. The fourth-order valence-electron chi connectivity index (χ4n) is 5.32. The topological polar surface area (TPSA) is 52.3 Å². The lowest BCUT2D eigenvalue weighted by Crippen LogP contribution is -2.34. The number of benzene rings is 2. The molecule has 0 N–H and O–H groups in total. The second-order valence-electron chi connectivity index (χ2n) is 9.54. The van der Waals surface area contributed by atoms with Crippen LogP contribution in [0.1, 0.15) is 67.4 Å². The summed E-state index contributed by atoms with van der Waals surface area (Å²) in [4.78, 5) is 15.2. The van der Waals surface area contributed by atoms with Gasteiger partial charge < -0.3 is 4.74 Å². The third-order valence-corrected chi connectivity index (χ3v) is 7.20. The lowest BCUT2D eigenvalue weighted by Gasteiger charge is -2.32. The number of aromatic nitrogens is 3. The highest BCUT2D eigenvalue weighted by Crippen LogP contribution is 2.33. The Balaban J connectivity index is 1.15. The van der Waals surface area contributed by atoms with E-state index in [-0.39, 0.29) is 5.69 Å². The second kappa shape index (κ2) is 9.96. The van der Waals surface area contributed by atoms with Crippen LogP contribution in [-0.4, -0.2) is 32.3 Å². The number of rotatable bonds is 7. The molecule has 0 amide bonds. The predicted octanol–water partition coefficient (Wildman–Crippen LogP) is 4.66. The molecule has 5 rings (SSSR count). The monoisotopic (exact) mass is 446 g/mol. The number of nitrogens with zero attached hydrogens (tertiary/aromatic N) is 4. The van der Waals surface area contributed by atoms with Crippen LogP contribution < -0.4 is 10.4 Å². The van der Waals surface area contributed by atoms with E-state index in [9.17, 15) is 4.79 Å². The van der Waals surface area contributed by atoms with Gasteiger partial charge in [0.1, 0.15) is 18.2 Å². The van der Waals surface area contributed by atoms with E-state index in [4.69, 9.17) is 4.74 Å². The Bertz CT molecular complexity index is 1090. The van der Waals surface area contributed by atoms with Crippen molar-refractivity contribution in [1.29, 1.82) is 0 Å². The van der Waals surface area contributed by atoms with Crippen molar-refractivity contribution in [3.05, 3.63) is 82.0 Å². The van der Waals surface area contributed by atoms with Crippen LogP contribution in [0.2, 0.25) is 0 Å². The third kappa shape index (κ3) is 5.06. The highest BCUT2D eigenvalue weighted by molar-refractivity contribution is 5.28. The summed E-state index contributed by atoms with van der Waals surface area (Å²) in [5.74, 6) is 2.31. The zero-order valence-electron chi connectivity index (χ0n) is 19.5. The molecule has 1 saturated carbocycles. The Morgan fingerprint density at radius 3 is 2.30 bits per heavy atom. The largest absolute Gasteiger partial charge is 0.489 e. The van der Waals surface area contributed by atoms with Gasteiger partial charge >= 0.3 is 5.69 Å². The van der Waals surface area contributed by atoms with Crippen LogP contribution >= 0.6 is 0 Å². The molecule has 6 nitrogen and oxygen atoms in total. The van der Waals surface area contributed by atoms with E-state index < -0.39 is 0 Å². The van der Waals surface area contributed by atoms with Gasteiger partial charge in [0.05, 0.1) is 0 Å². The summed E-state index contributed by atoms with van der Waals surface area (Å²) in [7, 11) is 1.79. The average Bonchev–Trinajstić information content (AvgIpc) is 3.48. The van der Waals surface area contributed by atoms with E-state index in [1.54, 1.807) is 11.7 Å². The third-order valence-electron chi connectivity index (χ3n) is 7.20. The molecule has 3 aromatic rings. The van der Waals surface area contributed by atoms with E-state index in [0.717, 1.165) is 56.9 Å². The first-order valence-corrected chi connectivity index (χ1v) is 12.3. The lowest BCUT2D eigenvalue weighted by atomic mass is 9.95. The van der Waals surface area contributed by atoms with Crippen molar-refractivity contribution in [2.75, 3.05) is 13.1 Å². The molecule has 1 aliphatic heterocycles. The molecule has 2 heterocycles. The summed E-state index contributed by atoms with van der Waals surface area (Å²) < 4.78 is 9.49. The molecule has 0 atom stereocenters. The standard InChI is InChI=1S/C27H34N4O2/c1-29-27(32)31(24-9-5-6-10-24)26(28-29)23-15-17-30(18-16-23)19-21-11-13-25(14-12-21)33-20-22-7-3-2-4-8-22/h2-4,7-8,11-14,23-24H,5-6,9-10,15-20H2,1H3. The van der Waals surface area contributed by atoms with Crippen molar-refractivity contribution >= 4 is 0 Å². The summed E-state index contributed by atoms with van der Waals surface area (Å²) in [6, 6.07) is 19.1. The minimum atomic E-state index is 0.0638. The first kappa shape index (κ1) is 22.0. The molecule has 33 heavy (non-hydrogen) atoms. The highest BCUT2D eigenvalue weighted by Gasteiger charge is 2.30. The Labute approximate surface area is 195 Å². The normalized spacial score (nSPS) is 18.1. The quantitative estimate of drug-likeness (QED) is 0.530. The molecule has 2 fully saturated rings. The molecule has 1 saturated heterocycles. The smallest absolute Gasteiger partial charge is 0.345 e. The van der Waals surface area contributed by atoms with E-state index in [0.29, 0.717) is 18.6 Å². The van der Waals surface area contributed by atoms with Gasteiger partial charge in [-0.1, -0.05) is 55.3 Å².